The van der Waals surface area contributed by atoms with Gasteiger partial charge in [-0.15, -0.1) is 0 Å². The molecule has 3 nitrogen and oxygen atoms in total. The SMILES string of the molecule is CC1(CNC(=O)c2ccc(Br)cc2N)CCCCC1. The van der Waals surface area contributed by atoms with Gasteiger partial charge in [0.1, 0.15) is 0 Å². The molecule has 1 saturated carbocycles. The lowest BCUT2D eigenvalue weighted by molar-refractivity contribution is 0.0920. The summed E-state index contributed by atoms with van der Waals surface area (Å²) in [5.41, 5.74) is 7.19. The van der Waals surface area contributed by atoms with Crippen molar-refractivity contribution in [2.45, 2.75) is 39.0 Å². The maximum absolute atomic E-state index is 12.2. The zero-order chi connectivity index (χ0) is 13.9. The summed E-state index contributed by atoms with van der Waals surface area (Å²) in [6.45, 7) is 3.00. The lowest BCUT2D eigenvalue weighted by atomic mass is 9.76. The Labute approximate surface area is 123 Å². The molecule has 1 aliphatic carbocycles. The molecule has 0 saturated heterocycles. The molecule has 0 aromatic heterocycles. The number of nitrogen functional groups attached to an aromatic ring is 1. The van der Waals surface area contributed by atoms with Gasteiger partial charge in [-0.05, 0) is 36.5 Å². The summed E-state index contributed by atoms with van der Waals surface area (Å²) >= 11 is 3.34. The average molecular weight is 325 g/mol. The van der Waals surface area contributed by atoms with Crippen molar-refractivity contribution in [2.75, 3.05) is 12.3 Å². The molecule has 0 atom stereocenters. The molecule has 1 aromatic rings. The molecule has 2 rings (SSSR count). The summed E-state index contributed by atoms with van der Waals surface area (Å²) in [4.78, 5) is 12.2. The molecule has 19 heavy (non-hydrogen) atoms. The summed E-state index contributed by atoms with van der Waals surface area (Å²) in [6, 6.07) is 5.36. The summed E-state index contributed by atoms with van der Waals surface area (Å²) in [5.74, 6) is -0.0724. The molecule has 4 heteroatoms. The normalized spacial score (nSPS) is 18.0. The van der Waals surface area contributed by atoms with Crippen molar-refractivity contribution in [1.29, 1.82) is 0 Å². The van der Waals surface area contributed by atoms with Crippen LogP contribution in [0.25, 0.3) is 0 Å². The predicted molar refractivity (Wildman–Crippen MR) is 82.1 cm³/mol. The fraction of sp³-hybridized carbons (Fsp3) is 0.533. The molecule has 1 fully saturated rings. The van der Waals surface area contributed by atoms with Gasteiger partial charge < -0.3 is 11.1 Å². The van der Waals surface area contributed by atoms with Crippen LogP contribution in [0.1, 0.15) is 49.4 Å². The van der Waals surface area contributed by atoms with Gasteiger partial charge in [-0.25, -0.2) is 0 Å². The van der Waals surface area contributed by atoms with Crippen LogP contribution < -0.4 is 11.1 Å². The Morgan fingerprint density at radius 2 is 2.05 bits per heavy atom. The van der Waals surface area contributed by atoms with Crippen LogP contribution in [0.5, 0.6) is 0 Å². The van der Waals surface area contributed by atoms with Gasteiger partial charge in [0.25, 0.3) is 5.91 Å². The third-order valence-electron chi connectivity index (χ3n) is 3.99. The lowest BCUT2D eigenvalue weighted by Crippen LogP contribution is -2.37. The Morgan fingerprint density at radius 1 is 1.37 bits per heavy atom. The molecule has 0 unspecified atom stereocenters. The van der Waals surface area contributed by atoms with E-state index in [9.17, 15) is 4.79 Å². The van der Waals surface area contributed by atoms with Crippen LogP contribution in [0.4, 0.5) is 5.69 Å². The van der Waals surface area contributed by atoms with E-state index in [2.05, 4.69) is 28.2 Å². The minimum Gasteiger partial charge on any atom is -0.398 e. The van der Waals surface area contributed by atoms with E-state index >= 15 is 0 Å². The smallest absolute Gasteiger partial charge is 0.253 e. The van der Waals surface area contributed by atoms with Crippen molar-refractivity contribution < 1.29 is 4.79 Å². The number of carbonyl (C=O) groups excluding carboxylic acids is 1. The molecule has 104 valence electrons. The Bertz CT molecular complexity index is 467. The summed E-state index contributed by atoms with van der Waals surface area (Å²) in [5, 5.41) is 3.04. The van der Waals surface area contributed by atoms with E-state index in [-0.39, 0.29) is 11.3 Å². The second-order valence-corrected chi connectivity index (χ2v) is 6.70. The Morgan fingerprint density at radius 3 is 2.68 bits per heavy atom. The van der Waals surface area contributed by atoms with Crippen LogP contribution in [-0.2, 0) is 0 Å². The van der Waals surface area contributed by atoms with Gasteiger partial charge in [-0.1, -0.05) is 42.1 Å². The third-order valence-corrected chi connectivity index (χ3v) is 4.49. The number of nitrogens with two attached hydrogens (primary N) is 1. The van der Waals surface area contributed by atoms with E-state index < -0.39 is 0 Å². The van der Waals surface area contributed by atoms with Crippen LogP contribution in [0.15, 0.2) is 22.7 Å². The maximum Gasteiger partial charge on any atom is 0.253 e. The fourth-order valence-corrected chi connectivity index (χ4v) is 3.09. The van der Waals surface area contributed by atoms with Crippen LogP contribution in [0.2, 0.25) is 0 Å². The zero-order valence-electron chi connectivity index (χ0n) is 11.3. The first-order valence-electron chi connectivity index (χ1n) is 6.83. The van der Waals surface area contributed by atoms with E-state index in [4.69, 9.17) is 5.73 Å². The van der Waals surface area contributed by atoms with Crippen molar-refractivity contribution in [3.05, 3.63) is 28.2 Å². The summed E-state index contributed by atoms with van der Waals surface area (Å²) in [6.07, 6.45) is 6.26. The number of amides is 1. The molecule has 1 aromatic carbocycles. The molecule has 1 aliphatic rings. The second-order valence-electron chi connectivity index (χ2n) is 5.79. The monoisotopic (exact) mass is 324 g/mol. The Kier molecular flexibility index (Phi) is 4.50. The largest absolute Gasteiger partial charge is 0.398 e. The first kappa shape index (κ1) is 14.4. The highest BCUT2D eigenvalue weighted by atomic mass is 79.9. The number of nitrogens with one attached hydrogen (secondary N) is 1. The number of anilines is 1. The van der Waals surface area contributed by atoms with Crippen LogP contribution in [-0.4, -0.2) is 12.5 Å². The Balaban J connectivity index is 1.97. The summed E-state index contributed by atoms with van der Waals surface area (Å²) < 4.78 is 0.890. The predicted octanol–water partition coefficient (Wildman–Crippen LogP) is 3.73. The second kappa shape index (κ2) is 5.95. The van der Waals surface area contributed by atoms with Gasteiger partial charge in [0, 0.05) is 16.7 Å². The van der Waals surface area contributed by atoms with Crippen LogP contribution in [0, 0.1) is 5.41 Å². The number of carbonyl (C=O) groups is 1. The van der Waals surface area contributed by atoms with Gasteiger partial charge in [0.15, 0.2) is 0 Å². The highest BCUT2D eigenvalue weighted by Crippen LogP contribution is 2.35. The van der Waals surface area contributed by atoms with E-state index in [1.165, 1.54) is 32.1 Å². The van der Waals surface area contributed by atoms with Crippen molar-refractivity contribution in [1.82, 2.24) is 5.32 Å². The molecule has 0 radical (unpaired) electrons. The third kappa shape index (κ3) is 3.72. The van der Waals surface area contributed by atoms with Crippen molar-refractivity contribution in [3.8, 4) is 0 Å². The number of benzene rings is 1. The van der Waals surface area contributed by atoms with Crippen molar-refractivity contribution in [3.63, 3.8) is 0 Å². The van der Waals surface area contributed by atoms with E-state index in [1.54, 1.807) is 12.1 Å². The molecule has 0 spiro atoms. The van der Waals surface area contributed by atoms with E-state index in [0.29, 0.717) is 11.3 Å². The molecule has 0 aliphatic heterocycles. The molecule has 1 amide bonds. The highest BCUT2D eigenvalue weighted by molar-refractivity contribution is 9.10. The van der Waals surface area contributed by atoms with E-state index in [0.717, 1.165) is 11.0 Å². The minimum atomic E-state index is -0.0724. The highest BCUT2D eigenvalue weighted by Gasteiger charge is 2.27. The molecule has 3 N–H and O–H groups in total. The van der Waals surface area contributed by atoms with Crippen molar-refractivity contribution in [2.24, 2.45) is 5.41 Å². The fourth-order valence-electron chi connectivity index (χ4n) is 2.71. The average Bonchev–Trinajstić information content (AvgIpc) is 2.37. The van der Waals surface area contributed by atoms with Gasteiger partial charge >= 0.3 is 0 Å². The van der Waals surface area contributed by atoms with Crippen LogP contribution in [0.3, 0.4) is 0 Å². The lowest BCUT2D eigenvalue weighted by Gasteiger charge is -2.33. The number of hydrogen-bond donors (Lipinski definition) is 2. The molecule has 0 heterocycles. The standard InChI is InChI=1S/C15H21BrN2O/c1-15(7-3-2-4-8-15)10-18-14(19)12-6-5-11(16)9-13(12)17/h5-6,9H,2-4,7-8,10,17H2,1H3,(H,18,19). The molecular weight excluding hydrogens is 304 g/mol. The first-order chi connectivity index (χ1) is 9.00. The molecular formula is C15H21BrN2O. The maximum atomic E-state index is 12.2. The number of rotatable bonds is 3. The zero-order valence-corrected chi connectivity index (χ0v) is 12.9. The van der Waals surface area contributed by atoms with Gasteiger partial charge in [0.05, 0.1) is 5.56 Å². The molecule has 0 bridgehead atoms. The number of halogens is 1. The Hall–Kier alpha value is -1.03. The quantitative estimate of drug-likeness (QED) is 0.832. The topological polar surface area (TPSA) is 55.1 Å². The van der Waals surface area contributed by atoms with Crippen LogP contribution >= 0.6 is 15.9 Å². The van der Waals surface area contributed by atoms with Gasteiger partial charge in [-0.2, -0.15) is 0 Å². The minimum absolute atomic E-state index is 0.0724. The summed E-state index contributed by atoms with van der Waals surface area (Å²) in [7, 11) is 0. The van der Waals surface area contributed by atoms with Gasteiger partial charge in [0.2, 0.25) is 0 Å². The van der Waals surface area contributed by atoms with Crippen molar-refractivity contribution >= 4 is 27.5 Å². The van der Waals surface area contributed by atoms with E-state index in [1.807, 2.05) is 6.07 Å². The van der Waals surface area contributed by atoms with Gasteiger partial charge in [-0.3, -0.25) is 4.79 Å². The first-order valence-corrected chi connectivity index (χ1v) is 7.63. The number of hydrogen-bond acceptors (Lipinski definition) is 2.